The van der Waals surface area contributed by atoms with Crippen LogP contribution in [0.4, 0.5) is 0 Å². The van der Waals surface area contributed by atoms with E-state index in [9.17, 15) is 19.8 Å². The summed E-state index contributed by atoms with van der Waals surface area (Å²) in [6, 6.07) is -0.715. The highest BCUT2D eigenvalue weighted by Crippen LogP contribution is 2.18. The highest BCUT2D eigenvalue weighted by molar-refractivity contribution is 5.77. The molecule has 0 aliphatic heterocycles. The Balaban J connectivity index is 4.53. The monoisotopic (exact) mass is 956 g/mol. The van der Waals surface area contributed by atoms with Gasteiger partial charge in [-0.15, -0.1) is 0 Å². The van der Waals surface area contributed by atoms with E-state index in [-0.39, 0.29) is 24.9 Å². The van der Waals surface area contributed by atoms with Gasteiger partial charge in [0.05, 0.1) is 25.2 Å². The maximum atomic E-state index is 13.3. The molecule has 0 aliphatic rings. The molecule has 6 heteroatoms. The summed E-state index contributed by atoms with van der Waals surface area (Å²) in [6.45, 7) is 6.50. The summed E-state index contributed by atoms with van der Waals surface area (Å²) >= 11 is 0. The summed E-state index contributed by atoms with van der Waals surface area (Å²) in [4.78, 5) is 26.3. The molecular weight excluding hydrogens is 839 g/mol. The van der Waals surface area contributed by atoms with Gasteiger partial charge >= 0.3 is 5.97 Å². The number of nitrogens with one attached hydrogen (secondary N) is 1. The third-order valence-electron chi connectivity index (χ3n) is 14.0. The van der Waals surface area contributed by atoms with Gasteiger partial charge in [-0.2, -0.15) is 0 Å². The van der Waals surface area contributed by atoms with Gasteiger partial charge < -0.3 is 20.3 Å². The van der Waals surface area contributed by atoms with Crippen molar-refractivity contribution in [2.24, 2.45) is 0 Å². The molecule has 0 aromatic rings. The van der Waals surface area contributed by atoms with Crippen molar-refractivity contribution in [3.8, 4) is 0 Å². The SMILES string of the molecule is CCCCCCCC/C=C/CCCCCCCCCCCC(=O)OC(CCC/C=C/C=C/CCCCCCCCC)CC(=O)NC(CO)C(O)CCCCCCCCCCCCCCCCCC. The summed E-state index contributed by atoms with van der Waals surface area (Å²) < 4.78 is 5.94. The van der Waals surface area contributed by atoms with E-state index in [0.717, 1.165) is 57.8 Å². The summed E-state index contributed by atoms with van der Waals surface area (Å²) in [5.74, 6) is -0.508. The molecule has 3 N–H and O–H groups in total. The zero-order valence-electron chi connectivity index (χ0n) is 45.8. The maximum Gasteiger partial charge on any atom is 0.306 e. The van der Waals surface area contributed by atoms with E-state index in [2.05, 4.69) is 62.5 Å². The minimum absolute atomic E-state index is 0.0472. The first-order valence-corrected chi connectivity index (χ1v) is 30.2. The summed E-state index contributed by atoms with van der Waals surface area (Å²) in [5.41, 5.74) is 0. The molecule has 1 amide bonds. The topological polar surface area (TPSA) is 95.9 Å². The fraction of sp³-hybridized carbons (Fsp3) is 0.871. The zero-order valence-corrected chi connectivity index (χ0v) is 45.8. The molecule has 0 heterocycles. The number of rotatable bonds is 55. The highest BCUT2D eigenvalue weighted by Gasteiger charge is 2.24. The first-order valence-electron chi connectivity index (χ1n) is 30.2. The Bertz CT molecular complexity index is 1120. The molecule has 3 unspecified atom stereocenters. The number of amides is 1. The Morgan fingerprint density at radius 2 is 0.765 bits per heavy atom. The van der Waals surface area contributed by atoms with Gasteiger partial charge in [-0.05, 0) is 70.6 Å². The molecule has 3 atom stereocenters. The second kappa shape index (κ2) is 56.0. The number of ether oxygens (including phenoxy) is 1. The van der Waals surface area contributed by atoms with Crippen molar-refractivity contribution in [3.63, 3.8) is 0 Å². The predicted octanol–water partition coefficient (Wildman–Crippen LogP) is 18.8. The molecule has 0 aromatic carbocycles. The van der Waals surface area contributed by atoms with Gasteiger partial charge in [0.25, 0.3) is 0 Å². The summed E-state index contributed by atoms with van der Waals surface area (Å²) in [5, 5.41) is 23.9. The van der Waals surface area contributed by atoms with E-state index in [1.807, 2.05) is 0 Å². The molecule has 0 spiro atoms. The second-order valence-corrected chi connectivity index (χ2v) is 20.8. The number of aliphatic hydroxyl groups excluding tert-OH is 2. The van der Waals surface area contributed by atoms with Crippen LogP contribution in [0.2, 0.25) is 0 Å². The van der Waals surface area contributed by atoms with Crippen molar-refractivity contribution in [1.29, 1.82) is 0 Å². The van der Waals surface area contributed by atoms with Gasteiger partial charge in [0.15, 0.2) is 0 Å². The van der Waals surface area contributed by atoms with E-state index < -0.39 is 18.2 Å². The minimum Gasteiger partial charge on any atom is -0.462 e. The quantitative estimate of drug-likeness (QED) is 0.0244. The van der Waals surface area contributed by atoms with Crippen LogP contribution in [0.3, 0.4) is 0 Å². The Hall–Kier alpha value is -1.92. The molecule has 0 aromatic heterocycles. The third-order valence-corrected chi connectivity index (χ3v) is 14.0. The molecule has 6 nitrogen and oxygen atoms in total. The lowest BCUT2D eigenvalue weighted by Gasteiger charge is -2.24. The Kier molecular flexibility index (Phi) is 54.4. The predicted molar refractivity (Wildman–Crippen MR) is 296 cm³/mol. The van der Waals surface area contributed by atoms with Gasteiger partial charge in [0.1, 0.15) is 6.10 Å². The second-order valence-electron chi connectivity index (χ2n) is 20.8. The molecule has 0 saturated carbocycles. The van der Waals surface area contributed by atoms with Gasteiger partial charge in [-0.25, -0.2) is 0 Å². The Morgan fingerprint density at radius 3 is 1.16 bits per heavy atom. The number of unbranched alkanes of at least 4 members (excludes halogenated alkanes) is 38. The van der Waals surface area contributed by atoms with Crippen LogP contribution < -0.4 is 5.32 Å². The summed E-state index contributed by atoms with van der Waals surface area (Å²) in [7, 11) is 0. The van der Waals surface area contributed by atoms with Crippen molar-refractivity contribution in [1.82, 2.24) is 5.32 Å². The first kappa shape index (κ1) is 66.1. The molecule has 0 aliphatic carbocycles. The Morgan fingerprint density at radius 1 is 0.426 bits per heavy atom. The van der Waals surface area contributed by atoms with Crippen LogP contribution in [-0.4, -0.2) is 46.9 Å². The van der Waals surface area contributed by atoms with E-state index in [0.29, 0.717) is 19.3 Å². The smallest absolute Gasteiger partial charge is 0.306 e. The Labute approximate surface area is 424 Å². The maximum absolute atomic E-state index is 13.3. The van der Waals surface area contributed by atoms with Crippen LogP contribution in [0.5, 0.6) is 0 Å². The van der Waals surface area contributed by atoms with Crippen molar-refractivity contribution in [2.45, 2.75) is 341 Å². The number of carbonyl (C=O) groups is 2. The highest BCUT2D eigenvalue weighted by atomic mass is 16.5. The van der Waals surface area contributed by atoms with Crippen molar-refractivity contribution in [2.75, 3.05) is 6.61 Å². The van der Waals surface area contributed by atoms with Crippen LogP contribution in [-0.2, 0) is 14.3 Å². The van der Waals surface area contributed by atoms with E-state index >= 15 is 0 Å². The lowest BCUT2D eigenvalue weighted by Crippen LogP contribution is -2.46. The average Bonchev–Trinajstić information content (AvgIpc) is 3.33. The van der Waals surface area contributed by atoms with Crippen molar-refractivity contribution in [3.05, 3.63) is 36.5 Å². The molecule has 0 fully saturated rings. The molecular formula is C62H117NO5. The number of esters is 1. The first-order chi connectivity index (χ1) is 33.5. The lowest BCUT2D eigenvalue weighted by molar-refractivity contribution is -0.151. The summed E-state index contributed by atoms with van der Waals surface area (Å²) in [6.07, 6.45) is 67.9. The van der Waals surface area contributed by atoms with Gasteiger partial charge in [0, 0.05) is 6.42 Å². The fourth-order valence-electron chi connectivity index (χ4n) is 9.37. The van der Waals surface area contributed by atoms with Crippen molar-refractivity contribution < 1.29 is 24.5 Å². The number of allylic oxidation sites excluding steroid dienone is 6. The minimum atomic E-state index is -0.799. The van der Waals surface area contributed by atoms with Gasteiger partial charge in [0.2, 0.25) is 5.91 Å². The van der Waals surface area contributed by atoms with Crippen LogP contribution in [0.1, 0.15) is 323 Å². The van der Waals surface area contributed by atoms with Crippen LogP contribution >= 0.6 is 0 Å². The largest absolute Gasteiger partial charge is 0.462 e. The van der Waals surface area contributed by atoms with Crippen LogP contribution in [0.15, 0.2) is 36.5 Å². The molecule has 0 bridgehead atoms. The fourth-order valence-corrected chi connectivity index (χ4v) is 9.37. The van der Waals surface area contributed by atoms with Gasteiger partial charge in [-0.3, -0.25) is 9.59 Å². The average molecular weight is 957 g/mol. The number of aliphatic hydroxyl groups is 2. The molecule has 0 saturated heterocycles. The van der Waals surface area contributed by atoms with Crippen LogP contribution in [0.25, 0.3) is 0 Å². The molecule has 68 heavy (non-hydrogen) atoms. The third kappa shape index (κ3) is 50.5. The zero-order chi connectivity index (χ0) is 49.5. The number of hydrogen-bond acceptors (Lipinski definition) is 5. The molecule has 0 radical (unpaired) electrons. The number of carbonyl (C=O) groups excluding carboxylic acids is 2. The van der Waals surface area contributed by atoms with Gasteiger partial charge in [-0.1, -0.05) is 276 Å². The standard InChI is InChI=1S/C62H117NO5/c1-4-7-10-13-16-19-22-25-28-30-31-32-34-37-40-43-46-49-52-55-62(67)68-58(53-50-47-44-41-38-35-27-24-21-18-15-12-9-6-3)56-61(66)63-59(57-64)60(65)54-51-48-45-42-39-36-33-29-26-23-20-17-14-11-8-5-2/h25,28,35,38,41,44,58-60,64-65H,4-24,26-27,29-34,36-37,39-40,42-43,45-57H2,1-3H3,(H,63,66)/b28-25+,38-35+,44-41+. The van der Waals surface area contributed by atoms with Crippen molar-refractivity contribution >= 4 is 11.9 Å². The molecule has 400 valence electrons. The van der Waals surface area contributed by atoms with Crippen LogP contribution in [0, 0.1) is 0 Å². The lowest BCUT2D eigenvalue weighted by atomic mass is 10.0. The van der Waals surface area contributed by atoms with E-state index in [4.69, 9.17) is 4.74 Å². The molecule has 0 rings (SSSR count). The number of hydrogen-bond donors (Lipinski definition) is 3. The van der Waals surface area contributed by atoms with E-state index in [1.54, 1.807) is 0 Å². The normalized spacial score (nSPS) is 13.3. The van der Waals surface area contributed by atoms with E-state index in [1.165, 1.54) is 218 Å².